The summed E-state index contributed by atoms with van der Waals surface area (Å²) >= 11 is 0. The molecule has 0 bridgehead atoms. The SMILES string of the molecule is CCOC(=O)C1=C(C)N(CC(=O)Nc2cc(C)cc(C)c2)c2ncnn2[C@H]1c1ccc(C)cc1. The fourth-order valence-corrected chi connectivity index (χ4v) is 4.34. The highest BCUT2D eigenvalue weighted by molar-refractivity contribution is 5.96. The first-order valence-corrected chi connectivity index (χ1v) is 11.3. The third-order valence-electron chi connectivity index (χ3n) is 5.80. The highest BCUT2D eigenvalue weighted by Crippen LogP contribution is 2.38. The number of carbonyl (C=O) groups excluding carboxylic acids is 2. The van der Waals surface area contributed by atoms with Gasteiger partial charge in [0.15, 0.2) is 0 Å². The lowest BCUT2D eigenvalue weighted by molar-refractivity contribution is -0.139. The lowest BCUT2D eigenvalue weighted by Gasteiger charge is -2.35. The molecule has 34 heavy (non-hydrogen) atoms. The van der Waals surface area contributed by atoms with Gasteiger partial charge in [0, 0.05) is 11.4 Å². The average molecular weight is 460 g/mol. The average Bonchev–Trinajstić information content (AvgIpc) is 3.25. The Morgan fingerprint density at radius 3 is 2.32 bits per heavy atom. The van der Waals surface area contributed by atoms with Gasteiger partial charge in [-0.05, 0) is 63.4 Å². The van der Waals surface area contributed by atoms with Crippen LogP contribution in [0.1, 0.15) is 42.1 Å². The highest BCUT2D eigenvalue weighted by Gasteiger charge is 2.38. The van der Waals surface area contributed by atoms with Crippen molar-refractivity contribution in [2.45, 2.75) is 40.7 Å². The van der Waals surface area contributed by atoms with E-state index in [0.29, 0.717) is 17.2 Å². The second-order valence-corrected chi connectivity index (χ2v) is 8.55. The Morgan fingerprint density at radius 1 is 1.00 bits per heavy atom. The first kappa shape index (κ1) is 23.2. The number of hydrogen-bond acceptors (Lipinski definition) is 6. The van der Waals surface area contributed by atoms with E-state index in [1.807, 2.05) is 70.2 Å². The molecule has 2 heterocycles. The van der Waals surface area contributed by atoms with Gasteiger partial charge in [0.25, 0.3) is 0 Å². The number of esters is 1. The van der Waals surface area contributed by atoms with E-state index in [4.69, 9.17) is 4.74 Å². The molecule has 0 saturated carbocycles. The molecular formula is C26H29N5O3. The lowest BCUT2D eigenvalue weighted by atomic mass is 9.94. The van der Waals surface area contributed by atoms with Gasteiger partial charge < -0.3 is 15.0 Å². The number of aromatic nitrogens is 3. The zero-order chi connectivity index (χ0) is 24.4. The number of ether oxygens (including phenoxy) is 1. The van der Waals surface area contributed by atoms with E-state index in [9.17, 15) is 9.59 Å². The van der Waals surface area contributed by atoms with Gasteiger partial charge >= 0.3 is 5.97 Å². The van der Waals surface area contributed by atoms with Crippen LogP contribution >= 0.6 is 0 Å². The molecule has 0 fully saturated rings. The standard InChI is InChI=1S/C26H29N5O3/c1-6-34-25(33)23-19(5)30(14-22(32)29-21-12-17(3)11-18(4)13-21)26-27-15-28-31(26)24(23)20-9-7-16(2)8-10-20/h7-13,15,24H,6,14H2,1-5H3,(H,29,32)/t24-/m0/s1. The number of amides is 1. The Bertz CT molecular complexity index is 1240. The summed E-state index contributed by atoms with van der Waals surface area (Å²) in [5, 5.41) is 7.38. The fraction of sp³-hybridized carbons (Fsp3) is 0.308. The number of nitrogens with one attached hydrogen (secondary N) is 1. The highest BCUT2D eigenvalue weighted by atomic mass is 16.5. The van der Waals surface area contributed by atoms with Crippen LogP contribution in [0.5, 0.6) is 0 Å². The molecule has 1 aromatic heterocycles. The van der Waals surface area contributed by atoms with Crippen LogP contribution in [0.25, 0.3) is 0 Å². The van der Waals surface area contributed by atoms with Gasteiger partial charge in [0.05, 0.1) is 12.2 Å². The van der Waals surface area contributed by atoms with Crippen molar-refractivity contribution in [3.63, 3.8) is 0 Å². The second kappa shape index (κ2) is 9.51. The third-order valence-corrected chi connectivity index (χ3v) is 5.80. The topological polar surface area (TPSA) is 89.3 Å². The maximum atomic E-state index is 13.1. The normalized spacial score (nSPS) is 15.2. The van der Waals surface area contributed by atoms with Crippen LogP contribution in [-0.2, 0) is 14.3 Å². The van der Waals surface area contributed by atoms with Gasteiger partial charge in [-0.3, -0.25) is 4.79 Å². The zero-order valence-electron chi connectivity index (χ0n) is 20.1. The molecule has 1 aliphatic rings. The van der Waals surface area contributed by atoms with Crippen LogP contribution in [0, 0.1) is 20.8 Å². The van der Waals surface area contributed by atoms with Crippen molar-refractivity contribution in [1.29, 1.82) is 0 Å². The Morgan fingerprint density at radius 2 is 1.68 bits per heavy atom. The maximum absolute atomic E-state index is 13.1. The summed E-state index contributed by atoms with van der Waals surface area (Å²) in [6.07, 6.45) is 1.44. The van der Waals surface area contributed by atoms with E-state index in [-0.39, 0.29) is 19.1 Å². The number of nitrogens with zero attached hydrogens (tertiary/aromatic N) is 4. The van der Waals surface area contributed by atoms with Crippen LogP contribution in [0.2, 0.25) is 0 Å². The lowest BCUT2D eigenvalue weighted by Crippen LogP contribution is -2.40. The minimum Gasteiger partial charge on any atom is -0.463 e. The van der Waals surface area contributed by atoms with Crippen LogP contribution in [-0.4, -0.2) is 39.8 Å². The van der Waals surface area contributed by atoms with Crippen LogP contribution in [0.15, 0.2) is 60.1 Å². The molecule has 0 spiro atoms. The van der Waals surface area contributed by atoms with Gasteiger partial charge in [-0.15, -0.1) is 0 Å². The molecule has 8 heteroatoms. The quantitative estimate of drug-likeness (QED) is 0.559. The summed E-state index contributed by atoms with van der Waals surface area (Å²) in [6.45, 7) is 9.78. The Balaban J connectivity index is 1.72. The van der Waals surface area contributed by atoms with Gasteiger partial charge in [-0.1, -0.05) is 35.9 Å². The molecule has 0 radical (unpaired) electrons. The van der Waals surface area contributed by atoms with Gasteiger partial charge in [0.1, 0.15) is 18.9 Å². The molecule has 4 rings (SSSR count). The molecule has 3 aromatic rings. The Labute approximate surface area is 199 Å². The van der Waals surface area contributed by atoms with E-state index in [1.165, 1.54) is 6.33 Å². The molecule has 0 aliphatic carbocycles. The van der Waals surface area contributed by atoms with E-state index in [2.05, 4.69) is 15.4 Å². The van der Waals surface area contributed by atoms with Crippen molar-refractivity contribution < 1.29 is 14.3 Å². The molecule has 1 atom stereocenters. The first-order chi connectivity index (χ1) is 16.3. The predicted octanol–water partition coefficient (Wildman–Crippen LogP) is 4.09. The summed E-state index contributed by atoms with van der Waals surface area (Å²) < 4.78 is 7.08. The van der Waals surface area contributed by atoms with Crippen molar-refractivity contribution in [2.75, 3.05) is 23.4 Å². The number of aryl methyl sites for hydroxylation is 3. The molecule has 176 valence electrons. The van der Waals surface area contributed by atoms with Crippen LogP contribution < -0.4 is 10.2 Å². The van der Waals surface area contributed by atoms with Crippen LogP contribution in [0.4, 0.5) is 11.6 Å². The summed E-state index contributed by atoms with van der Waals surface area (Å²) in [5.41, 5.74) is 5.90. The van der Waals surface area contributed by atoms with E-state index < -0.39 is 12.0 Å². The molecule has 1 N–H and O–H groups in total. The summed E-state index contributed by atoms with van der Waals surface area (Å²) in [4.78, 5) is 32.3. The summed E-state index contributed by atoms with van der Waals surface area (Å²) in [5.74, 6) is -0.172. The van der Waals surface area contributed by atoms with Gasteiger partial charge in [-0.2, -0.15) is 10.1 Å². The minimum absolute atomic E-state index is 0.0267. The number of carbonyl (C=O) groups is 2. The molecule has 2 aromatic carbocycles. The van der Waals surface area contributed by atoms with Gasteiger partial charge in [0.2, 0.25) is 11.9 Å². The van der Waals surface area contributed by atoms with Crippen molar-refractivity contribution >= 4 is 23.5 Å². The van der Waals surface area contributed by atoms with Gasteiger partial charge in [-0.25, -0.2) is 9.48 Å². The monoisotopic (exact) mass is 459 g/mol. The first-order valence-electron chi connectivity index (χ1n) is 11.3. The molecule has 0 unspecified atom stereocenters. The Hall–Kier alpha value is -3.94. The number of benzene rings is 2. The number of allylic oxidation sites excluding steroid dienone is 1. The summed E-state index contributed by atoms with van der Waals surface area (Å²) in [7, 11) is 0. The number of fused-ring (bicyclic) bond motifs is 1. The van der Waals surface area contributed by atoms with E-state index in [0.717, 1.165) is 27.9 Å². The van der Waals surface area contributed by atoms with Crippen molar-refractivity contribution in [2.24, 2.45) is 0 Å². The zero-order valence-corrected chi connectivity index (χ0v) is 20.1. The van der Waals surface area contributed by atoms with Crippen molar-refractivity contribution in [3.05, 3.63) is 82.3 Å². The molecule has 0 saturated heterocycles. The molecule has 1 amide bonds. The Kier molecular flexibility index (Phi) is 6.49. The number of rotatable bonds is 6. The van der Waals surface area contributed by atoms with Crippen LogP contribution in [0.3, 0.4) is 0 Å². The third kappa shape index (κ3) is 4.57. The smallest absolute Gasteiger partial charge is 0.338 e. The van der Waals surface area contributed by atoms with Crippen molar-refractivity contribution in [1.82, 2.24) is 14.8 Å². The second-order valence-electron chi connectivity index (χ2n) is 8.55. The molecule has 1 aliphatic heterocycles. The predicted molar refractivity (Wildman–Crippen MR) is 131 cm³/mol. The minimum atomic E-state index is -0.504. The summed E-state index contributed by atoms with van der Waals surface area (Å²) in [6, 6.07) is 13.3. The number of hydrogen-bond donors (Lipinski definition) is 1. The van der Waals surface area contributed by atoms with Crippen molar-refractivity contribution in [3.8, 4) is 0 Å². The fourth-order valence-electron chi connectivity index (χ4n) is 4.34. The maximum Gasteiger partial charge on any atom is 0.338 e. The molecule has 8 nitrogen and oxygen atoms in total. The molecular weight excluding hydrogens is 430 g/mol. The number of anilines is 2. The van der Waals surface area contributed by atoms with E-state index in [1.54, 1.807) is 16.5 Å². The largest absolute Gasteiger partial charge is 0.463 e. The van der Waals surface area contributed by atoms with E-state index >= 15 is 0 Å².